The summed E-state index contributed by atoms with van der Waals surface area (Å²) in [5.41, 5.74) is 16.3. The second kappa shape index (κ2) is 28.5. The van der Waals surface area contributed by atoms with Crippen LogP contribution < -0.4 is 28.4 Å². The number of esters is 6. The average molecular weight is 1240 g/mol. The predicted octanol–water partition coefficient (Wildman–Crippen LogP) is 17.6. The van der Waals surface area contributed by atoms with Gasteiger partial charge in [-0.2, -0.15) is 0 Å². The van der Waals surface area contributed by atoms with Crippen molar-refractivity contribution in [2.75, 3.05) is 0 Å². The first-order chi connectivity index (χ1) is 43.1. The minimum Gasteiger partial charge on any atom is -0.426 e. The summed E-state index contributed by atoms with van der Waals surface area (Å²) >= 11 is 0. The second-order valence-electron chi connectivity index (χ2n) is 25.1. The van der Waals surface area contributed by atoms with Gasteiger partial charge in [0.05, 0.1) is 5.92 Å². The highest BCUT2D eigenvalue weighted by Crippen LogP contribution is 2.47. The van der Waals surface area contributed by atoms with E-state index in [2.05, 4.69) is 51.1 Å². The summed E-state index contributed by atoms with van der Waals surface area (Å²) in [4.78, 5) is 79.3. The summed E-state index contributed by atoms with van der Waals surface area (Å²) in [6, 6.07) is 32.6. The van der Waals surface area contributed by atoms with Gasteiger partial charge in [0, 0.05) is 45.6 Å². The Bertz CT molecular complexity index is 3800. The van der Waals surface area contributed by atoms with E-state index in [0.717, 1.165) is 50.1 Å². The van der Waals surface area contributed by atoms with Crippen LogP contribution in [-0.4, -0.2) is 35.8 Å². The lowest BCUT2D eigenvalue weighted by atomic mass is 9.75. The molecule has 0 spiro atoms. The molecule has 1 atom stereocenters. The molecule has 0 aromatic heterocycles. The Morgan fingerprint density at radius 1 is 0.272 bits per heavy atom. The highest BCUT2D eigenvalue weighted by Gasteiger charge is 2.31. The molecular weight excluding hydrogens is 1150 g/mol. The van der Waals surface area contributed by atoms with Gasteiger partial charge in [-0.05, 0) is 228 Å². The molecule has 0 aliphatic carbocycles. The minimum atomic E-state index is -0.603. The zero-order chi connectivity index (χ0) is 68.2. The molecule has 0 aliphatic heterocycles. The van der Waals surface area contributed by atoms with Crippen LogP contribution in [0.25, 0.3) is 0 Å². The van der Waals surface area contributed by atoms with Crippen molar-refractivity contribution in [1.29, 1.82) is 0 Å². The number of hydrogen-bond acceptors (Lipinski definition) is 12. The van der Waals surface area contributed by atoms with Gasteiger partial charge in [-0.1, -0.05) is 138 Å². The highest BCUT2D eigenvalue weighted by molar-refractivity contribution is 5.91. The van der Waals surface area contributed by atoms with Crippen molar-refractivity contribution in [2.24, 2.45) is 5.92 Å². The van der Waals surface area contributed by atoms with Gasteiger partial charge in [0.2, 0.25) is 0 Å². The SMILES string of the molecule is C=C(C)C(=O)Oc1c(C)cc(C(c2cc(C(c3cc(C)c(OC(=O)C(=C)C)c(C)c3)c3cc(C)c(OC(=O)C(=C)C)c(C)c3)cc(C(c3cc(C)c(OC(=O)C(=C)C)c(C)c3)c3cc(C)c(OC(=O)C(=C)C)c(C)c3)c2)c2ccc(OC(=O)C(C)C)c(C)c2)cc1C. The molecule has 12 heteroatoms. The van der Waals surface area contributed by atoms with Gasteiger partial charge < -0.3 is 28.4 Å². The van der Waals surface area contributed by atoms with E-state index in [-0.39, 0.29) is 39.8 Å². The quantitative estimate of drug-likeness (QED) is 0.0291. The van der Waals surface area contributed by atoms with Crippen molar-refractivity contribution in [3.05, 3.63) is 269 Å². The molecule has 0 saturated heterocycles. The topological polar surface area (TPSA) is 158 Å². The zero-order valence-corrected chi connectivity index (χ0v) is 56.5. The van der Waals surface area contributed by atoms with E-state index in [1.165, 1.54) is 0 Å². The number of carbonyl (C=O) groups excluding carboxylic acids is 6. The van der Waals surface area contributed by atoms with Crippen LogP contribution >= 0.6 is 0 Å². The summed E-state index contributed by atoms with van der Waals surface area (Å²) in [7, 11) is 0. The van der Waals surface area contributed by atoms with Gasteiger partial charge in [-0.25, -0.2) is 24.0 Å². The molecule has 7 aromatic rings. The number of carbonyl (C=O) groups is 6. The van der Waals surface area contributed by atoms with Gasteiger partial charge in [0.1, 0.15) is 34.5 Å². The molecule has 12 nitrogen and oxygen atoms in total. The maximum Gasteiger partial charge on any atom is 0.338 e. The number of rotatable bonds is 21. The Kier molecular flexibility index (Phi) is 21.5. The van der Waals surface area contributed by atoms with E-state index >= 15 is 0 Å². The van der Waals surface area contributed by atoms with Crippen LogP contribution in [0.3, 0.4) is 0 Å². The van der Waals surface area contributed by atoms with Crippen molar-refractivity contribution in [3.8, 4) is 34.5 Å². The van der Waals surface area contributed by atoms with E-state index in [0.29, 0.717) is 95.7 Å². The fourth-order valence-electron chi connectivity index (χ4n) is 11.6. The van der Waals surface area contributed by atoms with Crippen molar-refractivity contribution in [1.82, 2.24) is 0 Å². The Morgan fingerprint density at radius 3 is 0.641 bits per heavy atom. The van der Waals surface area contributed by atoms with E-state index in [4.69, 9.17) is 28.4 Å². The lowest BCUT2D eigenvalue weighted by molar-refractivity contribution is -0.138. The van der Waals surface area contributed by atoms with E-state index in [1.807, 2.05) is 155 Å². The smallest absolute Gasteiger partial charge is 0.338 e. The third kappa shape index (κ3) is 15.6. The van der Waals surface area contributed by atoms with Crippen molar-refractivity contribution in [3.63, 3.8) is 0 Å². The molecule has 7 aromatic carbocycles. The second-order valence-corrected chi connectivity index (χ2v) is 25.1. The monoisotopic (exact) mass is 1240 g/mol. The van der Waals surface area contributed by atoms with E-state index < -0.39 is 47.6 Å². The van der Waals surface area contributed by atoms with Crippen molar-refractivity contribution >= 4 is 35.8 Å². The lowest BCUT2D eigenvalue weighted by Crippen LogP contribution is -2.16. The zero-order valence-electron chi connectivity index (χ0n) is 56.5. The standard InChI is InChI=1S/C80H84O12/c1-40(2)75(81)87-66-25-24-57(26-46(66)13)67(58-27-47(14)70(48(15)28-58)88-76(82)41(3)4)63-37-64(68(59-29-49(16)71(50(17)30-59)89-77(83)42(5)6)60-31-51(18)72(52(19)32-60)90-78(84)43(7)8)39-65(38-63)69(61-33-53(20)73(54(21)34-61)91-79(85)44(9)10)62-35-55(22)74(56(23)36-62)92-80(86)45(11)12/h24-40,67-69H,3,5,7,9,11H2,1-2,4,6,8,10,12-23H3. The fraction of sp³-hybridized carbons (Fsp3) is 0.275. The third-order valence-corrected chi connectivity index (χ3v) is 16.0. The molecule has 0 aliphatic rings. The van der Waals surface area contributed by atoms with Crippen LogP contribution in [0.4, 0.5) is 0 Å². The molecule has 7 rings (SSSR count). The van der Waals surface area contributed by atoms with Gasteiger partial charge in [-0.15, -0.1) is 0 Å². The largest absolute Gasteiger partial charge is 0.426 e. The van der Waals surface area contributed by atoms with E-state index in [9.17, 15) is 28.8 Å². The molecule has 1 unspecified atom stereocenters. The maximum absolute atomic E-state index is 13.2. The molecule has 476 valence electrons. The first-order valence-corrected chi connectivity index (χ1v) is 30.5. The van der Waals surface area contributed by atoms with Crippen LogP contribution in [-0.2, 0) is 28.8 Å². The molecule has 0 amide bonds. The van der Waals surface area contributed by atoms with Gasteiger partial charge in [0.25, 0.3) is 0 Å². The van der Waals surface area contributed by atoms with Crippen LogP contribution in [0.5, 0.6) is 34.5 Å². The first-order valence-electron chi connectivity index (χ1n) is 30.5. The normalized spacial score (nSPS) is 11.4. The summed E-state index contributed by atoms with van der Waals surface area (Å²) in [5, 5.41) is 0. The molecule has 0 heterocycles. The molecule has 0 radical (unpaired) electrons. The lowest BCUT2D eigenvalue weighted by Gasteiger charge is -2.29. The molecular formula is C80H84O12. The number of aryl methyl sites for hydroxylation is 11. The van der Waals surface area contributed by atoms with Gasteiger partial charge in [-0.3, -0.25) is 4.79 Å². The third-order valence-electron chi connectivity index (χ3n) is 16.0. The molecule has 92 heavy (non-hydrogen) atoms. The Labute approximate surface area is 542 Å². The maximum atomic E-state index is 13.2. The Morgan fingerprint density at radius 2 is 0.457 bits per heavy atom. The average Bonchev–Trinajstić information content (AvgIpc) is 0.764. The summed E-state index contributed by atoms with van der Waals surface area (Å²) in [6.07, 6.45) is 0. The van der Waals surface area contributed by atoms with Gasteiger partial charge in [0.15, 0.2) is 0 Å². The van der Waals surface area contributed by atoms with E-state index in [1.54, 1.807) is 48.5 Å². The summed E-state index contributed by atoms with van der Waals surface area (Å²) < 4.78 is 36.0. The molecule has 0 bridgehead atoms. The number of benzene rings is 7. The summed E-state index contributed by atoms with van der Waals surface area (Å²) in [6.45, 7) is 51.7. The fourth-order valence-corrected chi connectivity index (χ4v) is 11.6. The number of ether oxygens (including phenoxy) is 6. The Hall–Kier alpha value is -9.94. The van der Waals surface area contributed by atoms with Crippen LogP contribution in [0.2, 0.25) is 0 Å². The highest BCUT2D eigenvalue weighted by atomic mass is 16.6. The van der Waals surface area contributed by atoms with Crippen LogP contribution in [0, 0.1) is 82.1 Å². The molecule has 0 fully saturated rings. The van der Waals surface area contributed by atoms with Crippen LogP contribution in [0.1, 0.15) is 177 Å². The summed E-state index contributed by atoms with van der Waals surface area (Å²) in [5.74, 6) is -2.95. The first kappa shape index (κ1) is 69.5. The van der Waals surface area contributed by atoms with Crippen molar-refractivity contribution < 1.29 is 57.2 Å². The number of hydrogen-bond donors (Lipinski definition) is 0. The Balaban J connectivity index is 1.71. The molecule has 0 saturated carbocycles. The van der Waals surface area contributed by atoms with Crippen LogP contribution in [0.15, 0.2) is 158 Å². The predicted molar refractivity (Wildman–Crippen MR) is 363 cm³/mol. The van der Waals surface area contributed by atoms with Crippen molar-refractivity contribution in [2.45, 2.75) is 142 Å². The van der Waals surface area contributed by atoms with Gasteiger partial charge >= 0.3 is 35.8 Å². The minimum absolute atomic E-state index is 0.243. The molecule has 0 N–H and O–H groups in total.